The zero-order valence-electron chi connectivity index (χ0n) is 22.2. The van der Waals surface area contributed by atoms with E-state index in [9.17, 15) is 9.90 Å². The minimum Gasteiger partial charge on any atom is -0.460 e. The van der Waals surface area contributed by atoms with Gasteiger partial charge in [-0.05, 0) is 80.8 Å². The largest absolute Gasteiger partial charge is 0.460 e. The summed E-state index contributed by atoms with van der Waals surface area (Å²) in [6, 6.07) is 26.2. The van der Waals surface area contributed by atoms with Crippen LogP contribution in [0.5, 0.6) is 0 Å². The Balaban J connectivity index is 1.43. The fourth-order valence-corrected chi connectivity index (χ4v) is 4.47. The Bertz CT molecular complexity index is 1450. The SMILES string of the molecule is Cc1ccc(C(C)NCc2ccc(-c3ccc(Cl)c(C(=O)NC(Cc4ccc(C#N)cc4)C(C)O)c3)o2)cc1. The van der Waals surface area contributed by atoms with Gasteiger partial charge in [0.25, 0.3) is 5.91 Å². The monoisotopic (exact) mass is 541 g/mol. The molecule has 39 heavy (non-hydrogen) atoms. The van der Waals surface area contributed by atoms with E-state index in [1.807, 2.05) is 30.3 Å². The lowest BCUT2D eigenvalue weighted by molar-refractivity contribution is 0.0859. The number of aryl methyl sites for hydroxylation is 1. The molecule has 4 rings (SSSR count). The molecule has 7 heteroatoms. The first kappa shape index (κ1) is 28.1. The molecule has 0 spiro atoms. The molecule has 0 aliphatic rings. The molecule has 0 bridgehead atoms. The first-order valence-electron chi connectivity index (χ1n) is 12.9. The van der Waals surface area contributed by atoms with Crippen LogP contribution in [0, 0.1) is 18.3 Å². The maximum Gasteiger partial charge on any atom is 0.253 e. The summed E-state index contributed by atoms with van der Waals surface area (Å²) >= 11 is 6.40. The number of halogens is 1. The fourth-order valence-electron chi connectivity index (χ4n) is 4.26. The second kappa shape index (κ2) is 12.8. The lowest BCUT2D eigenvalue weighted by Gasteiger charge is -2.22. The third kappa shape index (κ3) is 7.36. The van der Waals surface area contributed by atoms with E-state index in [4.69, 9.17) is 21.3 Å². The molecule has 1 aromatic heterocycles. The van der Waals surface area contributed by atoms with Gasteiger partial charge in [-0.25, -0.2) is 0 Å². The van der Waals surface area contributed by atoms with Crippen molar-refractivity contribution in [2.24, 2.45) is 0 Å². The van der Waals surface area contributed by atoms with Crippen molar-refractivity contribution in [1.82, 2.24) is 10.6 Å². The molecule has 0 fully saturated rings. The van der Waals surface area contributed by atoms with Gasteiger partial charge >= 0.3 is 0 Å². The molecule has 3 N–H and O–H groups in total. The van der Waals surface area contributed by atoms with Gasteiger partial charge in [-0.3, -0.25) is 4.79 Å². The highest BCUT2D eigenvalue weighted by molar-refractivity contribution is 6.34. The molecule has 0 aliphatic heterocycles. The predicted molar refractivity (Wildman–Crippen MR) is 153 cm³/mol. The maximum atomic E-state index is 13.2. The summed E-state index contributed by atoms with van der Waals surface area (Å²) in [5.74, 6) is 1.02. The van der Waals surface area contributed by atoms with Crippen molar-refractivity contribution in [3.63, 3.8) is 0 Å². The number of nitrogens with zero attached hydrogens (tertiary/aromatic N) is 1. The quantitative estimate of drug-likeness (QED) is 0.217. The molecule has 0 saturated heterocycles. The third-order valence-electron chi connectivity index (χ3n) is 6.75. The smallest absolute Gasteiger partial charge is 0.253 e. The second-order valence-electron chi connectivity index (χ2n) is 9.81. The number of rotatable bonds is 10. The van der Waals surface area contributed by atoms with Crippen molar-refractivity contribution in [2.45, 2.75) is 51.9 Å². The van der Waals surface area contributed by atoms with Crippen LogP contribution in [0.25, 0.3) is 11.3 Å². The van der Waals surface area contributed by atoms with Crippen molar-refractivity contribution in [3.8, 4) is 17.4 Å². The van der Waals surface area contributed by atoms with Crippen LogP contribution < -0.4 is 10.6 Å². The van der Waals surface area contributed by atoms with Crippen LogP contribution in [0.3, 0.4) is 0 Å². The van der Waals surface area contributed by atoms with E-state index in [1.165, 1.54) is 11.1 Å². The van der Waals surface area contributed by atoms with Crippen LogP contribution in [0.1, 0.15) is 58.3 Å². The topological polar surface area (TPSA) is 98.3 Å². The van der Waals surface area contributed by atoms with Gasteiger partial charge in [0.15, 0.2) is 0 Å². The first-order chi connectivity index (χ1) is 18.7. The minimum absolute atomic E-state index is 0.163. The molecular weight excluding hydrogens is 510 g/mol. The van der Waals surface area contributed by atoms with Crippen molar-refractivity contribution in [1.29, 1.82) is 5.26 Å². The average Bonchev–Trinajstić information content (AvgIpc) is 3.41. The van der Waals surface area contributed by atoms with Crippen LogP contribution in [0.15, 0.2) is 83.3 Å². The highest BCUT2D eigenvalue weighted by atomic mass is 35.5. The number of furan rings is 1. The molecule has 6 nitrogen and oxygen atoms in total. The number of nitrogens with one attached hydrogen (secondary N) is 2. The van der Waals surface area contributed by atoms with Crippen LogP contribution in [-0.2, 0) is 13.0 Å². The fraction of sp³-hybridized carbons (Fsp3) is 0.250. The molecule has 3 unspecified atom stereocenters. The second-order valence-corrected chi connectivity index (χ2v) is 10.2. The van der Waals surface area contributed by atoms with Crippen LogP contribution in [-0.4, -0.2) is 23.2 Å². The van der Waals surface area contributed by atoms with E-state index < -0.39 is 12.1 Å². The van der Waals surface area contributed by atoms with Crippen molar-refractivity contribution in [3.05, 3.63) is 117 Å². The molecule has 1 amide bonds. The summed E-state index contributed by atoms with van der Waals surface area (Å²) < 4.78 is 6.07. The first-order valence-corrected chi connectivity index (χ1v) is 13.3. The normalized spacial score (nSPS) is 13.3. The number of hydrogen-bond donors (Lipinski definition) is 3. The van der Waals surface area contributed by atoms with Gasteiger partial charge < -0.3 is 20.2 Å². The Morgan fingerprint density at radius 1 is 1.03 bits per heavy atom. The molecular formula is C32H32ClN3O3. The van der Waals surface area contributed by atoms with Crippen molar-refractivity contribution >= 4 is 17.5 Å². The molecule has 0 radical (unpaired) electrons. The van der Waals surface area contributed by atoms with Crippen LogP contribution in [0.2, 0.25) is 5.02 Å². The molecule has 0 saturated carbocycles. The van der Waals surface area contributed by atoms with Crippen molar-refractivity contribution < 1.29 is 14.3 Å². The van der Waals surface area contributed by atoms with E-state index in [2.05, 4.69) is 54.8 Å². The number of hydrogen-bond acceptors (Lipinski definition) is 5. The van der Waals surface area contributed by atoms with Gasteiger partial charge in [0, 0.05) is 11.6 Å². The summed E-state index contributed by atoms with van der Waals surface area (Å²) in [4.78, 5) is 13.2. The number of aliphatic hydroxyl groups excluding tert-OH is 1. The Morgan fingerprint density at radius 3 is 2.41 bits per heavy atom. The van der Waals surface area contributed by atoms with E-state index >= 15 is 0 Å². The molecule has 200 valence electrons. The Kier molecular flexibility index (Phi) is 9.21. The zero-order valence-corrected chi connectivity index (χ0v) is 23.0. The van der Waals surface area contributed by atoms with Gasteiger partial charge in [-0.15, -0.1) is 0 Å². The van der Waals surface area contributed by atoms with Crippen molar-refractivity contribution in [2.75, 3.05) is 0 Å². The van der Waals surface area contributed by atoms with E-state index in [0.717, 1.165) is 16.9 Å². The Hall–Kier alpha value is -3.89. The minimum atomic E-state index is -0.797. The third-order valence-corrected chi connectivity index (χ3v) is 7.08. The molecule has 3 aromatic carbocycles. The van der Waals surface area contributed by atoms with Gasteiger partial charge in [-0.1, -0.05) is 53.6 Å². The van der Waals surface area contributed by atoms with Gasteiger partial charge in [0.05, 0.1) is 40.9 Å². The Labute approximate surface area is 234 Å². The van der Waals surface area contributed by atoms with Gasteiger partial charge in [-0.2, -0.15) is 5.26 Å². The maximum absolute atomic E-state index is 13.2. The highest BCUT2D eigenvalue weighted by Crippen LogP contribution is 2.27. The van der Waals surface area contributed by atoms with E-state index in [1.54, 1.807) is 31.2 Å². The molecule has 4 aromatic rings. The summed E-state index contributed by atoms with van der Waals surface area (Å²) in [5, 5.41) is 26.0. The van der Waals surface area contributed by atoms with Gasteiger partial charge in [0.2, 0.25) is 0 Å². The zero-order chi connectivity index (χ0) is 27.9. The number of nitriles is 1. The van der Waals surface area contributed by atoms with Crippen LogP contribution >= 0.6 is 11.6 Å². The predicted octanol–water partition coefficient (Wildman–Crippen LogP) is 6.35. The number of carbonyl (C=O) groups excluding carboxylic acids is 1. The number of benzene rings is 3. The summed E-state index contributed by atoms with van der Waals surface area (Å²) in [5.41, 5.74) is 4.90. The average molecular weight is 542 g/mol. The Morgan fingerprint density at radius 2 is 1.74 bits per heavy atom. The highest BCUT2D eigenvalue weighted by Gasteiger charge is 2.21. The van der Waals surface area contributed by atoms with E-state index in [0.29, 0.717) is 34.9 Å². The lowest BCUT2D eigenvalue weighted by Crippen LogP contribution is -2.43. The van der Waals surface area contributed by atoms with Crippen LogP contribution in [0.4, 0.5) is 0 Å². The molecule has 1 heterocycles. The summed E-state index contributed by atoms with van der Waals surface area (Å²) in [6.45, 7) is 6.37. The standard InChI is InChI=1S/C32H32ClN3O3/c1-20-4-10-25(11-5-20)21(2)35-19-27-13-15-31(39-27)26-12-14-29(33)28(17-26)32(38)36-30(22(3)37)16-23-6-8-24(18-34)9-7-23/h4-15,17,21-22,30,35,37H,16,19H2,1-3H3,(H,36,38). The summed E-state index contributed by atoms with van der Waals surface area (Å²) in [7, 11) is 0. The number of carbonyl (C=O) groups is 1. The van der Waals surface area contributed by atoms with Gasteiger partial charge in [0.1, 0.15) is 11.5 Å². The summed E-state index contributed by atoms with van der Waals surface area (Å²) in [6.07, 6.45) is -0.392. The lowest BCUT2D eigenvalue weighted by atomic mass is 10.00. The number of aliphatic hydroxyl groups is 1. The van der Waals surface area contributed by atoms with E-state index in [-0.39, 0.29) is 11.9 Å². The molecule has 0 aliphatic carbocycles. The number of amides is 1. The molecule has 3 atom stereocenters.